The molecule has 0 spiro atoms. The van der Waals surface area contributed by atoms with E-state index in [1.165, 1.54) is 12.8 Å². The Kier molecular flexibility index (Phi) is 6.03. The maximum absolute atomic E-state index is 8.67. The molecule has 0 saturated heterocycles. The molecule has 0 aliphatic carbocycles. The molecule has 0 saturated carbocycles. The molecule has 0 rings (SSSR count). The molecule has 2 heteroatoms. The zero-order valence-corrected chi connectivity index (χ0v) is 8.18. The standard InChI is InChI=1S/C10H20O2/c1-4-6-7-9-10(3,12-11)8-5-2/h5,11H,2,4,6-9H2,1,3H3. The van der Waals surface area contributed by atoms with Crippen LogP contribution >= 0.6 is 0 Å². The molecule has 0 radical (unpaired) electrons. The molecule has 0 aromatic rings. The molecule has 72 valence electrons. The lowest BCUT2D eigenvalue weighted by molar-refractivity contribution is -0.319. The SMILES string of the molecule is C=CCC(C)(CCCCC)OO. The van der Waals surface area contributed by atoms with Gasteiger partial charge < -0.3 is 0 Å². The number of unbranched alkanes of at least 4 members (excludes halogenated alkanes) is 2. The molecule has 0 heterocycles. The maximum atomic E-state index is 8.67. The van der Waals surface area contributed by atoms with Gasteiger partial charge in [-0.15, -0.1) is 6.58 Å². The van der Waals surface area contributed by atoms with Gasteiger partial charge in [-0.1, -0.05) is 32.3 Å². The zero-order valence-electron chi connectivity index (χ0n) is 8.18. The first-order chi connectivity index (χ1) is 5.68. The highest BCUT2D eigenvalue weighted by Gasteiger charge is 2.22. The van der Waals surface area contributed by atoms with Gasteiger partial charge in [0.05, 0.1) is 0 Å². The average molecular weight is 172 g/mol. The van der Waals surface area contributed by atoms with Gasteiger partial charge in [0.25, 0.3) is 0 Å². The summed E-state index contributed by atoms with van der Waals surface area (Å²) in [5.41, 5.74) is -0.420. The lowest BCUT2D eigenvalue weighted by Gasteiger charge is -2.23. The Bertz CT molecular complexity index is 123. The first-order valence-corrected chi connectivity index (χ1v) is 4.62. The Morgan fingerprint density at radius 1 is 1.50 bits per heavy atom. The lowest BCUT2D eigenvalue weighted by Crippen LogP contribution is -2.26. The molecule has 1 atom stereocenters. The van der Waals surface area contributed by atoms with Crippen molar-refractivity contribution in [1.29, 1.82) is 0 Å². The molecule has 0 bridgehead atoms. The van der Waals surface area contributed by atoms with Crippen LogP contribution in [-0.4, -0.2) is 10.9 Å². The van der Waals surface area contributed by atoms with Crippen LogP contribution in [0, 0.1) is 0 Å². The Hall–Kier alpha value is -0.340. The van der Waals surface area contributed by atoms with Crippen LogP contribution in [0.25, 0.3) is 0 Å². The Labute approximate surface area is 75.2 Å². The Balaban J connectivity index is 3.70. The fourth-order valence-electron chi connectivity index (χ4n) is 1.24. The van der Waals surface area contributed by atoms with E-state index in [1.54, 1.807) is 6.08 Å². The molecule has 1 N–H and O–H groups in total. The van der Waals surface area contributed by atoms with Crippen LogP contribution < -0.4 is 0 Å². The van der Waals surface area contributed by atoms with Crippen LogP contribution in [0.2, 0.25) is 0 Å². The van der Waals surface area contributed by atoms with Crippen molar-refractivity contribution in [3.05, 3.63) is 12.7 Å². The maximum Gasteiger partial charge on any atom is 0.104 e. The van der Waals surface area contributed by atoms with Gasteiger partial charge in [-0.25, -0.2) is 4.89 Å². The van der Waals surface area contributed by atoms with Crippen molar-refractivity contribution in [2.24, 2.45) is 0 Å². The van der Waals surface area contributed by atoms with Gasteiger partial charge in [0.1, 0.15) is 5.60 Å². The van der Waals surface area contributed by atoms with Crippen LogP contribution in [-0.2, 0) is 4.89 Å². The van der Waals surface area contributed by atoms with E-state index in [2.05, 4.69) is 18.4 Å². The predicted molar refractivity (Wildman–Crippen MR) is 51.1 cm³/mol. The molecule has 0 aromatic carbocycles. The van der Waals surface area contributed by atoms with E-state index in [-0.39, 0.29) is 0 Å². The van der Waals surface area contributed by atoms with Crippen LogP contribution in [0.1, 0.15) is 46.0 Å². The third-order valence-electron chi connectivity index (χ3n) is 2.11. The summed E-state index contributed by atoms with van der Waals surface area (Å²) >= 11 is 0. The molecule has 1 unspecified atom stereocenters. The fourth-order valence-corrected chi connectivity index (χ4v) is 1.24. The van der Waals surface area contributed by atoms with E-state index in [0.29, 0.717) is 6.42 Å². The molecule has 2 nitrogen and oxygen atoms in total. The average Bonchev–Trinajstić information content (AvgIpc) is 2.06. The molecule has 12 heavy (non-hydrogen) atoms. The fraction of sp³-hybridized carbons (Fsp3) is 0.800. The van der Waals surface area contributed by atoms with E-state index in [1.807, 2.05) is 6.92 Å². The molecule has 0 aliphatic heterocycles. The third-order valence-corrected chi connectivity index (χ3v) is 2.11. The van der Waals surface area contributed by atoms with Crippen molar-refractivity contribution in [2.45, 2.75) is 51.6 Å². The first kappa shape index (κ1) is 11.7. The Morgan fingerprint density at radius 2 is 2.17 bits per heavy atom. The van der Waals surface area contributed by atoms with E-state index < -0.39 is 5.60 Å². The monoisotopic (exact) mass is 172 g/mol. The highest BCUT2D eigenvalue weighted by atomic mass is 17.1. The Morgan fingerprint density at radius 3 is 2.58 bits per heavy atom. The van der Waals surface area contributed by atoms with Crippen molar-refractivity contribution >= 4 is 0 Å². The number of hydrogen-bond acceptors (Lipinski definition) is 2. The molecule has 0 aliphatic rings. The van der Waals surface area contributed by atoms with Gasteiger partial charge in [0, 0.05) is 0 Å². The van der Waals surface area contributed by atoms with Crippen LogP contribution in [0.4, 0.5) is 0 Å². The minimum atomic E-state index is -0.420. The predicted octanol–water partition coefficient (Wildman–Crippen LogP) is 3.39. The molecule has 0 aromatic heterocycles. The van der Waals surface area contributed by atoms with E-state index in [4.69, 9.17) is 5.26 Å². The largest absolute Gasteiger partial charge is 0.251 e. The van der Waals surface area contributed by atoms with Gasteiger partial charge >= 0.3 is 0 Å². The lowest BCUT2D eigenvalue weighted by atomic mass is 9.95. The minimum Gasteiger partial charge on any atom is -0.251 e. The normalized spacial score (nSPS) is 15.6. The molecule has 0 amide bonds. The summed E-state index contributed by atoms with van der Waals surface area (Å²) < 4.78 is 0. The van der Waals surface area contributed by atoms with Gasteiger partial charge in [-0.2, -0.15) is 0 Å². The zero-order chi connectivity index (χ0) is 9.45. The highest BCUT2D eigenvalue weighted by Crippen LogP contribution is 2.22. The minimum absolute atomic E-state index is 0.420. The summed E-state index contributed by atoms with van der Waals surface area (Å²) in [6.07, 6.45) is 6.85. The second kappa shape index (κ2) is 6.21. The van der Waals surface area contributed by atoms with Crippen molar-refractivity contribution in [3.8, 4) is 0 Å². The smallest absolute Gasteiger partial charge is 0.104 e. The van der Waals surface area contributed by atoms with Gasteiger partial charge in [-0.05, 0) is 19.8 Å². The summed E-state index contributed by atoms with van der Waals surface area (Å²) in [7, 11) is 0. The summed E-state index contributed by atoms with van der Waals surface area (Å²) in [5.74, 6) is 0. The number of hydrogen-bond donors (Lipinski definition) is 1. The second-order valence-electron chi connectivity index (χ2n) is 3.49. The van der Waals surface area contributed by atoms with E-state index in [9.17, 15) is 0 Å². The van der Waals surface area contributed by atoms with Crippen molar-refractivity contribution in [1.82, 2.24) is 0 Å². The van der Waals surface area contributed by atoms with Gasteiger partial charge in [0.2, 0.25) is 0 Å². The summed E-state index contributed by atoms with van der Waals surface area (Å²) in [6.45, 7) is 7.70. The molecule has 0 fully saturated rings. The van der Waals surface area contributed by atoms with Gasteiger partial charge in [0.15, 0.2) is 0 Å². The van der Waals surface area contributed by atoms with Crippen LogP contribution in [0.5, 0.6) is 0 Å². The van der Waals surface area contributed by atoms with E-state index >= 15 is 0 Å². The summed E-state index contributed by atoms with van der Waals surface area (Å²) in [6, 6.07) is 0. The topological polar surface area (TPSA) is 29.5 Å². The first-order valence-electron chi connectivity index (χ1n) is 4.62. The molecular formula is C10H20O2. The quantitative estimate of drug-likeness (QED) is 0.276. The van der Waals surface area contributed by atoms with Crippen LogP contribution in [0.3, 0.4) is 0 Å². The third kappa shape index (κ3) is 4.52. The highest BCUT2D eigenvalue weighted by molar-refractivity contribution is 4.83. The summed E-state index contributed by atoms with van der Waals surface area (Å²) in [5, 5.41) is 8.67. The van der Waals surface area contributed by atoms with Crippen molar-refractivity contribution < 1.29 is 10.1 Å². The summed E-state index contributed by atoms with van der Waals surface area (Å²) in [4.78, 5) is 4.45. The van der Waals surface area contributed by atoms with Gasteiger partial charge in [-0.3, -0.25) is 5.26 Å². The van der Waals surface area contributed by atoms with Crippen molar-refractivity contribution in [2.75, 3.05) is 0 Å². The molecular weight excluding hydrogens is 152 g/mol. The van der Waals surface area contributed by atoms with E-state index in [0.717, 1.165) is 12.8 Å². The van der Waals surface area contributed by atoms with Crippen molar-refractivity contribution in [3.63, 3.8) is 0 Å². The second-order valence-corrected chi connectivity index (χ2v) is 3.49. The van der Waals surface area contributed by atoms with Crippen LogP contribution in [0.15, 0.2) is 12.7 Å². The number of rotatable bonds is 7.